The predicted molar refractivity (Wildman–Crippen MR) is 52.0 cm³/mol. The van der Waals surface area contributed by atoms with E-state index in [1.54, 1.807) is 4.68 Å². The smallest absolute Gasteiger partial charge is 0.303 e. The molecule has 2 heterocycles. The number of aromatic nitrogens is 3. The lowest BCUT2D eigenvalue weighted by molar-refractivity contribution is -0.139. The fourth-order valence-electron chi connectivity index (χ4n) is 1.85. The second-order valence-corrected chi connectivity index (χ2v) is 3.96. The molecule has 1 N–H and O–H groups in total. The first-order chi connectivity index (χ1) is 7.15. The summed E-state index contributed by atoms with van der Waals surface area (Å²) in [7, 11) is 1.86. The Bertz CT molecular complexity index is 357. The van der Waals surface area contributed by atoms with Gasteiger partial charge in [-0.3, -0.25) is 14.4 Å². The van der Waals surface area contributed by atoms with E-state index in [1.807, 2.05) is 7.05 Å². The van der Waals surface area contributed by atoms with E-state index in [0.717, 1.165) is 25.5 Å². The number of aliphatic carboxylic acids is 1. The van der Waals surface area contributed by atoms with Crippen LogP contribution in [-0.4, -0.2) is 43.8 Å². The standard InChI is InChI=1S/C9H14N4O2/c1-12-8(10-6-11-12)5-13-3-7(4-13)2-9(14)15/h6-7H,2-5H2,1H3,(H,14,15). The van der Waals surface area contributed by atoms with Crippen molar-refractivity contribution in [3.05, 3.63) is 12.2 Å². The first-order valence-corrected chi connectivity index (χ1v) is 4.92. The van der Waals surface area contributed by atoms with E-state index in [0.29, 0.717) is 5.92 Å². The summed E-state index contributed by atoms with van der Waals surface area (Å²) in [6.07, 6.45) is 1.80. The maximum absolute atomic E-state index is 10.4. The number of carboxylic acid groups (broad SMARTS) is 1. The van der Waals surface area contributed by atoms with Crippen LogP contribution >= 0.6 is 0 Å². The Labute approximate surface area is 87.5 Å². The van der Waals surface area contributed by atoms with E-state index in [9.17, 15) is 4.79 Å². The highest BCUT2D eigenvalue weighted by Gasteiger charge is 2.29. The van der Waals surface area contributed by atoms with Gasteiger partial charge in [-0.05, 0) is 5.92 Å². The molecule has 1 aromatic heterocycles. The highest BCUT2D eigenvalue weighted by atomic mass is 16.4. The minimum Gasteiger partial charge on any atom is -0.481 e. The van der Waals surface area contributed by atoms with Crippen LogP contribution in [0, 0.1) is 5.92 Å². The van der Waals surface area contributed by atoms with Crippen LogP contribution in [0.15, 0.2) is 6.33 Å². The van der Waals surface area contributed by atoms with E-state index in [2.05, 4.69) is 15.0 Å². The molecule has 0 saturated carbocycles. The van der Waals surface area contributed by atoms with Gasteiger partial charge in [0.05, 0.1) is 13.0 Å². The molecule has 0 spiro atoms. The third kappa shape index (κ3) is 2.33. The van der Waals surface area contributed by atoms with Crippen molar-refractivity contribution in [1.82, 2.24) is 19.7 Å². The van der Waals surface area contributed by atoms with Gasteiger partial charge in [0.15, 0.2) is 0 Å². The quantitative estimate of drug-likeness (QED) is 0.740. The van der Waals surface area contributed by atoms with Gasteiger partial charge < -0.3 is 5.11 Å². The van der Waals surface area contributed by atoms with Gasteiger partial charge in [0.1, 0.15) is 12.2 Å². The number of rotatable bonds is 4. The molecule has 1 aliphatic rings. The molecule has 0 radical (unpaired) electrons. The first-order valence-electron chi connectivity index (χ1n) is 4.92. The highest BCUT2D eigenvalue weighted by Crippen LogP contribution is 2.20. The molecule has 6 nitrogen and oxygen atoms in total. The monoisotopic (exact) mass is 210 g/mol. The van der Waals surface area contributed by atoms with Gasteiger partial charge in [0.2, 0.25) is 0 Å². The molecular formula is C9H14N4O2. The van der Waals surface area contributed by atoms with E-state index in [-0.39, 0.29) is 6.42 Å². The first kappa shape index (κ1) is 10.1. The minimum absolute atomic E-state index is 0.273. The summed E-state index contributed by atoms with van der Waals surface area (Å²) in [5.41, 5.74) is 0. The van der Waals surface area contributed by atoms with Gasteiger partial charge in [-0.2, -0.15) is 5.10 Å². The Balaban J connectivity index is 1.77. The lowest BCUT2D eigenvalue weighted by atomic mass is 9.96. The summed E-state index contributed by atoms with van der Waals surface area (Å²) in [6, 6.07) is 0. The molecule has 6 heteroatoms. The van der Waals surface area contributed by atoms with Gasteiger partial charge in [-0.25, -0.2) is 4.98 Å². The lowest BCUT2D eigenvalue weighted by Crippen LogP contribution is -2.47. The molecule has 82 valence electrons. The van der Waals surface area contributed by atoms with Gasteiger partial charge in [-0.15, -0.1) is 0 Å². The average Bonchev–Trinajstić information content (AvgIpc) is 2.47. The van der Waals surface area contributed by atoms with Gasteiger partial charge in [0, 0.05) is 20.1 Å². The molecule has 1 aliphatic heterocycles. The van der Waals surface area contributed by atoms with Crippen molar-refractivity contribution in [2.24, 2.45) is 13.0 Å². The second kappa shape index (κ2) is 3.98. The summed E-state index contributed by atoms with van der Waals surface area (Å²) in [5.74, 6) is 0.512. The molecular weight excluding hydrogens is 196 g/mol. The number of nitrogens with zero attached hydrogens (tertiary/aromatic N) is 4. The number of likely N-dealkylation sites (tertiary alicyclic amines) is 1. The minimum atomic E-state index is -0.710. The van der Waals surface area contributed by atoms with Crippen LogP contribution in [0.2, 0.25) is 0 Å². The predicted octanol–water partition coefficient (Wildman–Crippen LogP) is -0.278. The molecule has 0 aliphatic carbocycles. The van der Waals surface area contributed by atoms with Crippen LogP contribution in [0.5, 0.6) is 0 Å². The topological polar surface area (TPSA) is 71.2 Å². The molecule has 0 amide bonds. The Morgan fingerprint density at radius 2 is 2.40 bits per heavy atom. The summed E-state index contributed by atoms with van der Waals surface area (Å²) in [6.45, 7) is 2.45. The average molecular weight is 210 g/mol. The molecule has 1 aromatic rings. The van der Waals surface area contributed by atoms with E-state index >= 15 is 0 Å². The Kier molecular flexibility index (Phi) is 2.68. The summed E-state index contributed by atoms with van der Waals surface area (Å²) < 4.78 is 1.74. The maximum atomic E-state index is 10.4. The van der Waals surface area contributed by atoms with Gasteiger partial charge in [0.25, 0.3) is 0 Å². The van der Waals surface area contributed by atoms with E-state index in [1.165, 1.54) is 6.33 Å². The SMILES string of the molecule is Cn1ncnc1CN1CC(CC(=O)O)C1. The third-order valence-corrected chi connectivity index (χ3v) is 2.67. The van der Waals surface area contributed by atoms with Crippen molar-refractivity contribution >= 4 is 5.97 Å². The van der Waals surface area contributed by atoms with Crippen LogP contribution in [0.4, 0.5) is 0 Å². The van der Waals surface area contributed by atoms with Crippen LogP contribution in [-0.2, 0) is 18.4 Å². The molecule has 0 atom stereocenters. The van der Waals surface area contributed by atoms with Crippen LogP contribution in [0.3, 0.4) is 0 Å². The number of carbonyl (C=O) groups is 1. The van der Waals surface area contributed by atoms with Crippen molar-refractivity contribution < 1.29 is 9.90 Å². The van der Waals surface area contributed by atoms with Gasteiger partial charge in [-0.1, -0.05) is 0 Å². The van der Waals surface area contributed by atoms with Crippen molar-refractivity contribution in [3.8, 4) is 0 Å². The zero-order valence-electron chi connectivity index (χ0n) is 8.63. The highest BCUT2D eigenvalue weighted by molar-refractivity contribution is 5.67. The summed E-state index contributed by atoms with van der Waals surface area (Å²) in [5, 5.41) is 12.6. The fraction of sp³-hybridized carbons (Fsp3) is 0.667. The van der Waals surface area contributed by atoms with Crippen LogP contribution < -0.4 is 0 Å². The van der Waals surface area contributed by atoms with E-state index < -0.39 is 5.97 Å². The molecule has 0 bridgehead atoms. The third-order valence-electron chi connectivity index (χ3n) is 2.67. The van der Waals surface area contributed by atoms with Gasteiger partial charge >= 0.3 is 5.97 Å². The van der Waals surface area contributed by atoms with Crippen LogP contribution in [0.1, 0.15) is 12.2 Å². The van der Waals surface area contributed by atoms with Crippen molar-refractivity contribution in [2.75, 3.05) is 13.1 Å². The summed E-state index contributed by atoms with van der Waals surface area (Å²) >= 11 is 0. The Hall–Kier alpha value is -1.43. The maximum Gasteiger partial charge on any atom is 0.303 e. The molecule has 0 unspecified atom stereocenters. The number of carboxylic acids is 1. The zero-order valence-corrected chi connectivity index (χ0v) is 8.63. The van der Waals surface area contributed by atoms with Crippen molar-refractivity contribution in [2.45, 2.75) is 13.0 Å². The fourth-order valence-corrected chi connectivity index (χ4v) is 1.85. The van der Waals surface area contributed by atoms with E-state index in [4.69, 9.17) is 5.11 Å². The normalized spacial score (nSPS) is 17.7. The molecule has 1 saturated heterocycles. The largest absolute Gasteiger partial charge is 0.481 e. The number of hydrogen-bond acceptors (Lipinski definition) is 4. The Morgan fingerprint density at radius 1 is 1.67 bits per heavy atom. The Morgan fingerprint density at radius 3 is 2.93 bits per heavy atom. The van der Waals surface area contributed by atoms with Crippen molar-refractivity contribution in [1.29, 1.82) is 0 Å². The second-order valence-electron chi connectivity index (χ2n) is 3.96. The summed E-state index contributed by atoms with van der Waals surface area (Å²) in [4.78, 5) is 16.7. The van der Waals surface area contributed by atoms with Crippen LogP contribution in [0.25, 0.3) is 0 Å². The molecule has 2 rings (SSSR count). The zero-order chi connectivity index (χ0) is 10.8. The number of aryl methyl sites for hydroxylation is 1. The molecule has 0 aromatic carbocycles. The van der Waals surface area contributed by atoms with Crippen molar-refractivity contribution in [3.63, 3.8) is 0 Å². The molecule has 15 heavy (non-hydrogen) atoms. The lowest BCUT2D eigenvalue weighted by Gasteiger charge is -2.38. The molecule has 1 fully saturated rings. The number of hydrogen-bond donors (Lipinski definition) is 1.